The number of hydrogen-bond donors (Lipinski definition) is 1. The molecule has 164 valence electrons. The van der Waals surface area contributed by atoms with Gasteiger partial charge in [0.15, 0.2) is 17.3 Å². The SMILES string of the molecule is CCCCOc1ccc(/C=N\n2c(-c3ccccc3OCC)n[nH]c2=S)cc1OCC. The molecule has 0 spiro atoms. The quantitative estimate of drug-likeness (QED) is 0.243. The predicted octanol–water partition coefficient (Wildman–Crippen LogP) is 5.47. The molecule has 31 heavy (non-hydrogen) atoms. The third kappa shape index (κ3) is 5.73. The third-order valence-electron chi connectivity index (χ3n) is 4.42. The maximum absolute atomic E-state index is 5.85. The van der Waals surface area contributed by atoms with Crippen molar-refractivity contribution in [1.82, 2.24) is 14.9 Å². The molecule has 0 unspecified atom stereocenters. The minimum Gasteiger partial charge on any atom is -0.493 e. The number of rotatable bonds is 11. The van der Waals surface area contributed by atoms with Crippen LogP contribution in [0.5, 0.6) is 17.2 Å². The standard InChI is InChI=1S/C23H28N4O3S/c1-4-7-14-30-20-13-12-17(15-21(20)29-6-3)16-24-27-22(25-26-23(27)31)18-10-8-9-11-19(18)28-5-2/h8-13,15-16H,4-7,14H2,1-3H3,(H,26,31)/b24-16-. The van der Waals surface area contributed by atoms with E-state index in [1.165, 1.54) is 0 Å². The Morgan fingerprint density at radius 3 is 2.55 bits per heavy atom. The van der Waals surface area contributed by atoms with Crippen LogP contribution < -0.4 is 14.2 Å². The fraction of sp³-hybridized carbons (Fsp3) is 0.348. The number of ether oxygens (including phenoxy) is 3. The lowest BCUT2D eigenvalue weighted by molar-refractivity contribution is 0.272. The van der Waals surface area contributed by atoms with Crippen molar-refractivity contribution >= 4 is 18.4 Å². The summed E-state index contributed by atoms with van der Waals surface area (Å²) in [5.41, 5.74) is 1.67. The molecule has 7 nitrogen and oxygen atoms in total. The molecule has 0 aliphatic heterocycles. The highest BCUT2D eigenvalue weighted by atomic mass is 32.1. The summed E-state index contributed by atoms with van der Waals surface area (Å²) in [5.74, 6) is 2.73. The molecule has 0 aliphatic carbocycles. The van der Waals surface area contributed by atoms with Crippen molar-refractivity contribution < 1.29 is 14.2 Å². The number of benzene rings is 2. The van der Waals surface area contributed by atoms with E-state index < -0.39 is 0 Å². The predicted molar refractivity (Wildman–Crippen MR) is 125 cm³/mol. The van der Waals surface area contributed by atoms with Gasteiger partial charge in [0.1, 0.15) is 5.75 Å². The molecule has 0 bridgehead atoms. The van der Waals surface area contributed by atoms with Gasteiger partial charge in [-0.15, -0.1) is 0 Å². The van der Waals surface area contributed by atoms with Crippen molar-refractivity contribution in [2.45, 2.75) is 33.6 Å². The smallest absolute Gasteiger partial charge is 0.216 e. The molecule has 0 aliphatic rings. The molecular formula is C23H28N4O3S. The molecule has 1 N–H and O–H groups in total. The minimum absolute atomic E-state index is 0.391. The molecule has 3 rings (SSSR count). The highest BCUT2D eigenvalue weighted by Crippen LogP contribution is 2.30. The lowest BCUT2D eigenvalue weighted by Crippen LogP contribution is -2.02. The first-order chi connectivity index (χ1) is 15.2. The number of aromatic amines is 1. The number of nitrogens with one attached hydrogen (secondary N) is 1. The molecule has 0 saturated carbocycles. The molecule has 1 aromatic heterocycles. The Morgan fingerprint density at radius 2 is 1.77 bits per heavy atom. The summed E-state index contributed by atoms with van der Waals surface area (Å²) in [6.45, 7) is 7.79. The molecule has 3 aromatic rings. The number of unbranched alkanes of at least 4 members (excludes halogenated alkanes) is 1. The second kappa shape index (κ2) is 11.3. The topological polar surface area (TPSA) is 73.7 Å². The Hall–Kier alpha value is -3.13. The van der Waals surface area contributed by atoms with E-state index in [0.29, 0.717) is 36.2 Å². The van der Waals surface area contributed by atoms with Crippen LogP contribution in [0.2, 0.25) is 0 Å². The number of para-hydroxylation sites is 1. The van der Waals surface area contributed by atoms with Gasteiger partial charge >= 0.3 is 0 Å². The summed E-state index contributed by atoms with van der Waals surface area (Å²) in [6.07, 6.45) is 3.80. The first kappa shape index (κ1) is 22.6. The van der Waals surface area contributed by atoms with Crippen molar-refractivity contribution in [2.75, 3.05) is 19.8 Å². The Labute approximate surface area is 187 Å². The van der Waals surface area contributed by atoms with E-state index in [2.05, 4.69) is 22.2 Å². The van der Waals surface area contributed by atoms with Crippen LogP contribution in [0.3, 0.4) is 0 Å². The Kier molecular flexibility index (Phi) is 8.23. The van der Waals surface area contributed by atoms with E-state index in [1.807, 2.05) is 56.3 Å². The zero-order chi connectivity index (χ0) is 22.1. The van der Waals surface area contributed by atoms with Crippen molar-refractivity contribution in [3.8, 4) is 28.6 Å². The van der Waals surface area contributed by atoms with E-state index in [-0.39, 0.29) is 0 Å². The first-order valence-electron chi connectivity index (χ1n) is 10.5. The van der Waals surface area contributed by atoms with Crippen LogP contribution in [0.1, 0.15) is 39.2 Å². The van der Waals surface area contributed by atoms with Gasteiger partial charge in [0.2, 0.25) is 4.77 Å². The lowest BCUT2D eigenvalue weighted by atomic mass is 10.2. The second-order valence-corrected chi connectivity index (χ2v) is 7.07. The maximum Gasteiger partial charge on any atom is 0.216 e. The van der Waals surface area contributed by atoms with Crippen LogP contribution in [0, 0.1) is 4.77 Å². The van der Waals surface area contributed by atoms with E-state index in [0.717, 1.165) is 35.5 Å². The highest BCUT2D eigenvalue weighted by molar-refractivity contribution is 7.71. The molecule has 2 aromatic carbocycles. The summed E-state index contributed by atoms with van der Waals surface area (Å²) in [7, 11) is 0. The van der Waals surface area contributed by atoms with Crippen LogP contribution in [0.25, 0.3) is 11.4 Å². The molecule has 0 amide bonds. The molecular weight excluding hydrogens is 412 g/mol. The van der Waals surface area contributed by atoms with Gasteiger partial charge in [-0.1, -0.05) is 25.5 Å². The molecule has 0 fully saturated rings. The van der Waals surface area contributed by atoms with E-state index in [9.17, 15) is 0 Å². The Balaban J connectivity index is 1.90. The average Bonchev–Trinajstić information content (AvgIpc) is 3.14. The van der Waals surface area contributed by atoms with E-state index in [4.69, 9.17) is 26.4 Å². The van der Waals surface area contributed by atoms with Crippen LogP contribution in [0.4, 0.5) is 0 Å². The Bertz CT molecular complexity index is 1070. The maximum atomic E-state index is 5.85. The van der Waals surface area contributed by atoms with Crippen molar-refractivity contribution in [2.24, 2.45) is 5.10 Å². The highest BCUT2D eigenvalue weighted by Gasteiger charge is 2.13. The minimum atomic E-state index is 0.391. The number of nitrogens with zero attached hydrogens (tertiary/aromatic N) is 3. The lowest BCUT2D eigenvalue weighted by Gasteiger charge is -2.12. The van der Waals surface area contributed by atoms with Crippen molar-refractivity contribution in [3.05, 3.63) is 52.8 Å². The summed E-state index contributed by atoms with van der Waals surface area (Å²) < 4.78 is 19.3. The zero-order valence-electron chi connectivity index (χ0n) is 18.1. The van der Waals surface area contributed by atoms with E-state index in [1.54, 1.807) is 10.9 Å². The monoisotopic (exact) mass is 440 g/mol. The van der Waals surface area contributed by atoms with Gasteiger partial charge in [0.25, 0.3) is 0 Å². The first-order valence-corrected chi connectivity index (χ1v) is 10.9. The van der Waals surface area contributed by atoms with Gasteiger partial charge in [-0.25, -0.2) is 5.10 Å². The molecule has 0 atom stereocenters. The van der Waals surface area contributed by atoms with Gasteiger partial charge in [0, 0.05) is 0 Å². The second-order valence-electron chi connectivity index (χ2n) is 6.68. The molecule has 0 radical (unpaired) electrons. The van der Waals surface area contributed by atoms with Gasteiger partial charge in [0.05, 0.1) is 31.6 Å². The summed E-state index contributed by atoms with van der Waals surface area (Å²) in [4.78, 5) is 0. The summed E-state index contributed by atoms with van der Waals surface area (Å²) in [5, 5.41) is 11.7. The van der Waals surface area contributed by atoms with Crippen molar-refractivity contribution in [1.29, 1.82) is 0 Å². The van der Waals surface area contributed by atoms with Crippen LogP contribution in [-0.4, -0.2) is 40.9 Å². The normalized spacial score (nSPS) is 11.1. The molecule has 0 saturated heterocycles. The van der Waals surface area contributed by atoms with Crippen LogP contribution >= 0.6 is 12.2 Å². The van der Waals surface area contributed by atoms with Crippen LogP contribution in [-0.2, 0) is 0 Å². The fourth-order valence-corrected chi connectivity index (χ4v) is 3.13. The largest absolute Gasteiger partial charge is 0.493 e. The summed E-state index contributed by atoms with van der Waals surface area (Å²) in [6, 6.07) is 13.4. The zero-order valence-corrected chi connectivity index (χ0v) is 18.9. The number of hydrogen-bond acceptors (Lipinski definition) is 6. The fourth-order valence-electron chi connectivity index (χ4n) is 2.95. The van der Waals surface area contributed by atoms with Gasteiger partial charge in [-0.05, 0) is 68.4 Å². The van der Waals surface area contributed by atoms with Crippen LogP contribution in [0.15, 0.2) is 47.6 Å². The average molecular weight is 441 g/mol. The van der Waals surface area contributed by atoms with Gasteiger partial charge in [-0.3, -0.25) is 0 Å². The van der Waals surface area contributed by atoms with Crippen molar-refractivity contribution in [3.63, 3.8) is 0 Å². The third-order valence-corrected chi connectivity index (χ3v) is 4.69. The van der Waals surface area contributed by atoms with Gasteiger partial charge in [-0.2, -0.15) is 14.9 Å². The van der Waals surface area contributed by atoms with E-state index >= 15 is 0 Å². The molecule has 8 heteroatoms. The Morgan fingerprint density at radius 1 is 1.00 bits per heavy atom. The number of aromatic nitrogens is 3. The van der Waals surface area contributed by atoms with Gasteiger partial charge < -0.3 is 14.2 Å². The number of H-pyrrole nitrogens is 1. The molecule has 1 heterocycles. The summed E-state index contributed by atoms with van der Waals surface area (Å²) >= 11 is 5.39.